The molecule has 116 valence electrons. The van der Waals surface area contributed by atoms with Gasteiger partial charge in [0.15, 0.2) is 11.5 Å². The largest absolute Gasteiger partial charge is 0.493 e. The highest BCUT2D eigenvalue weighted by molar-refractivity contribution is 5.72. The lowest BCUT2D eigenvalue weighted by atomic mass is 10.1. The molecule has 22 heavy (non-hydrogen) atoms. The SMILES string of the molecule is CCOC(=O)Cc1ccc(OCc2ccccc2)c(OC)c1. The Hall–Kier alpha value is -2.49. The van der Waals surface area contributed by atoms with Crippen LogP contribution in [0.2, 0.25) is 0 Å². The Morgan fingerprint density at radius 2 is 1.77 bits per heavy atom. The fourth-order valence-electron chi connectivity index (χ4n) is 2.06. The third-order valence-electron chi connectivity index (χ3n) is 3.12. The van der Waals surface area contributed by atoms with Crippen molar-refractivity contribution in [3.05, 3.63) is 59.7 Å². The number of carbonyl (C=O) groups excluding carboxylic acids is 1. The van der Waals surface area contributed by atoms with Gasteiger partial charge < -0.3 is 14.2 Å². The van der Waals surface area contributed by atoms with E-state index >= 15 is 0 Å². The smallest absolute Gasteiger partial charge is 0.310 e. The molecule has 4 nitrogen and oxygen atoms in total. The van der Waals surface area contributed by atoms with Gasteiger partial charge in [0.05, 0.1) is 20.1 Å². The first-order valence-electron chi connectivity index (χ1n) is 7.22. The van der Waals surface area contributed by atoms with Crippen LogP contribution in [0.25, 0.3) is 0 Å². The number of methoxy groups -OCH3 is 1. The van der Waals surface area contributed by atoms with Gasteiger partial charge in [0.2, 0.25) is 0 Å². The van der Waals surface area contributed by atoms with Crippen LogP contribution in [0.15, 0.2) is 48.5 Å². The van der Waals surface area contributed by atoms with E-state index in [0.717, 1.165) is 11.1 Å². The highest BCUT2D eigenvalue weighted by Gasteiger charge is 2.09. The lowest BCUT2D eigenvalue weighted by Crippen LogP contribution is -2.07. The quantitative estimate of drug-likeness (QED) is 0.735. The van der Waals surface area contributed by atoms with Crippen molar-refractivity contribution >= 4 is 5.97 Å². The van der Waals surface area contributed by atoms with Crippen LogP contribution in [0.4, 0.5) is 0 Å². The molecule has 0 unspecified atom stereocenters. The van der Waals surface area contributed by atoms with E-state index < -0.39 is 0 Å². The van der Waals surface area contributed by atoms with Crippen molar-refractivity contribution in [2.24, 2.45) is 0 Å². The van der Waals surface area contributed by atoms with Crippen molar-refractivity contribution in [3.63, 3.8) is 0 Å². The van der Waals surface area contributed by atoms with Crippen LogP contribution < -0.4 is 9.47 Å². The van der Waals surface area contributed by atoms with Crippen LogP contribution in [0.3, 0.4) is 0 Å². The first-order valence-corrected chi connectivity index (χ1v) is 7.22. The molecule has 0 saturated carbocycles. The zero-order chi connectivity index (χ0) is 15.8. The highest BCUT2D eigenvalue weighted by Crippen LogP contribution is 2.29. The Labute approximate surface area is 130 Å². The lowest BCUT2D eigenvalue weighted by Gasteiger charge is -2.12. The van der Waals surface area contributed by atoms with E-state index in [0.29, 0.717) is 24.7 Å². The monoisotopic (exact) mass is 300 g/mol. The fourth-order valence-corrected chi connectivity index (χ4v) is 2.06. The van der Waals surface area contributed by atoms with E-state index in [1.165, 1.54) is 0 Å². The van der Waals surface area contributed by atoms with Crippen LogP contribution in [-0.4, -0.2) is 19.7 Å². The molecule has 4 heteroatoms. The van der Waals surface area contributed by atoms with Gasteiger partial charge in [-0.15, -0.1) is 0 Å². The Balaban J connectivity index is 2.04. The molecule has 0 bridgehead atoms. The highest BCUT2D eigenvalue weighted by atomic mass is 16.5. The molecule has 0 aromatic heterocycles. The molecule has 0 heterocycles. The predicted octanol–water partition coefficient (Wildman–Crippen LogP) is 3.38. The normalized spacial score (nSPS) is 10.1. The first kappa shape index (κ1) is 15.9. The minimum atomic E-state index is -0.248. The fraction of sp³-hybridized carbons (Fsp3) is 0.278. The van der Waals surface area contributed by atoms with Gasteiger partial charge in [0.25, 0.3) is 0 Å². The van der Waals surface area contributed by atoms with Crippen molar-refractivity contribution in [1.82, 2.24) is 0 Å². The summed E-state index contributed by atoms with van der Waals surface area (Å²) in [7, 11) is 1.58. The van der Waals surface area contributed by atoms with E-state index in [9.17, 15) is 4.79 Å². The molecular weight excluding hydrogens is 280 g/mol. The van der Waals surface area contributed by atoms with Crippen LogP contribution in [-0.2, 0) is 22.6 Å². The molecule has 0 fully saturated rings. The first-order chi connectivity index (χ1) is 10.7. The number of benzene rings is 2. The molecule has 0 atom stereocenters. The summed E-state index contributed by atoms with van der Waals surface area (Å²) in [5.74, 6) is 1.01. The van der Waals surface area contributed by atoms with Crippen LogP contribution in [0.5, 0.6) is 11.5 Å². The maximum atomic E-state index is 11.5. The van der Waals surface area contributed by atoms with Crippen molar-refractivity contribution in [2.45, 2.75) is 20.0 Å². The van der Waals surface area contributed by atoms with Crippen LogP contribution in [0, 0.1) is 0 Å². The van der Waals surface area contributed by atoms with Crippen LogP contribution >= 0.6 is 0 Å². The van der Waals surface area contributed by atoms with E-state index in [1.54, 1.807) is 20.1 Å². The minimum absolute atomic E-state index is 0.225. The third-order valence-corrected chi connectivity index (χ3v) is 3.12. The number of hydrogen-bond acceptors (Lipinski definition) is 4. The maximum absolute atomic E-state index is 11.5. The molecule has 2 aromatic carbocycles. The molecule has 0 aliphatic carbocycles. The summed E-state index contributed by atoms with van der Waals surface area (Å²) in [6, 6.07) is 15.4. The number of hydrogen-bond donors (Lipinski definition) is 0. The van der Waals surface area contributed by atoms with Crippen molar-refractivity contribution in [2.75, 3.05) is 13.7 Å². The molecule has 0 N–H and O–H groups in total. The van der Waals surface area contributed by atoms with Gasteiger partial charge in [-0.1, -0.05) is 36.4 Å². The standard InChI is InChI=1S/C18H20O4/c1-3-21-18(19)12-15-9-10-16(17(11-15)20-2)22-13-14-7-5-4-6-8-14/h4-11H,3,12-13H2,1-2H3. The number of rotatable bonds is 7. The molecule has 2 aromatic rings. The summed E-state index contributed by atoms with van der Waals surface area (Å²) in [4.78, 5) is 11.5. The molecule has 0 saturated heterocycles. The summed E-state index contributed by atoms with van der Waals surface area (Å²) in [6.07, 6.45) is 0.225. The van der Waals surface area contributed by atoms with Crippen LogP contribution in [0.1, 0.15) is 18.1 Å². The van der Waals surface area contributed by atoms with Crippen molar-refractivity contribution < 1.29 is 19.0 Å². The Morgan fingerprint density at radius 1 is 1.00 bits per heavy atom. The van der Waals surface area contributed by atoms with Gasteiger partial charge in [0.1, 0.15) is 6.61 Å². The summed E-state index contributed by atoms with van der Waals surface area (Å²) in [6.45, 7) is 2.64. The second-order valence-electron chi connectivity index (χ2n) is 4.74. The van der Waals surface area contributed by atoms with Gasteiger partial charge in [-0.25, -0.2) is 0 Å². The molecule has 0 aliphatic rings. The maximum Gasteiger partial charge on any atom is 0.310 e. The molecule has 2 rings (SSSR count). The van der Waals surface area contributed by atoms with E-state index in [4.69, 9.17) is 14.2 Å². The Bertz CT molecular complexity index is 608. The average Bonchev–Trinajstić information content (AvgIpc) is 2.54. The Morgan fingerprint density at radius 3 is 2.45 bits per heavy atom. The topological polar surface area (TPSA) is 44.8 Å². The van der Waals surface area contributed by atoms with Gasteiger partial charge in [-0.05, 0) is 30.2 Å². The van der Waals surface area contributed by atoms with Gasteiger partial charge >= 0.3 is 5.97 Å². The van der Waals surface area contributed by atoms with E-state index in [-0.39, 0.29) is 12.4 Å². The number of ether oxygens (including phenoxy) is 3. The summed E-state index contributed by atoms with van der Waals surface area (Å²) in [5.41, 5.74) is 1.92. The molecular formula is C18H20O4. The second kappa shape index (κ2) is 8.08. The second-order valence-corrected chi connectivity index (χ2v) is 4.74. The van der Waals surface area contributed by atoms with Crippen molar-refractivity contribution in [3.8, 4) is 11.5 Å². The zero-order valence-corrected chi connectivity index (χ0v) is 12.9. The van der Waals surface area contributed by atoms with E-state index in [2.05, 4.69) is 0 Å². The lowest BCUT2D eigenvalue weighted by molar-refractivity contribution is -0.142. The average molecular weight is 300 g/mol. The third kappa shape index (κ3) is 4.52. The van der Waals surface area contributed by atoms with Crippen molar-refractivity contribution in [1.29, 1.82) is 0 Å². The zero-order valence-electron chi connectivity index (χ0n) is 12.9. The van der Waals surface area contributed by atoms with E-state index in [1.807, 2.05) is 42.5 Å². The molecule has 0 spiro atoms. The predicted molar refractivity (Wildman–Crippen MR) is 84.1 cm³/mol. The van der Waals surface area contributed by atoms with Gasteiger partial charge in [-0.3, -0.25) is 4.79 Å². The summed E-state index contributed by atoms with van der Waals surface area (Å²) < 4.78 is 16.1. The molecule has 0 amide bonds. The minimum Gasteiger partial charge on any atom is -0.493 e. The van der Waals surface area contributed by atoms with Gasteiger partial charge in [0, 0.05) is 0 Å². The number of carbonyl (C=O) groups is 1. The summed E-state index contributed by atoms with van der Waals surface area (Å²) >= 11 is 0. The van der Waals surface area contributed by atoms with Gasteiger partial charge in [-0.2, -0.15) is 0 Å². The molecule has 0 radical (unpaired) electrons. The number of esters is 1. The Kier molecular flexibility index (Phi) is 5.83. The summed E-state index contributed by atoms with van der Waals surface area (Å²) in [5, 5.41) is 0. The molecule has 0 aliphatic heterocycles.